The monoisotopic (exact) mass is 492 g/mol. The molecule has 3 aliphatic rings. The summed E-state index contributed by atoms with van der Waals surface area (Å²) < 4.78 is 11.6. The molecule has 3 aliphatic heterocycles. The van der Waals surface area contributed by atoms with Gasteiger partial charge in [-0.2, -0.15) is 0 Å². The minimum atomic E-state index is -1.05. The summed E-state index contributed by atoms with van der Waals surface area (Å²) in [5, 5.41) is 12.4. The van der Waals surface area contributed by atoms with Gasteiger partial charge in [0, 0.05) is 13.2 Å². The predicted molar refractivity (Wildman–Crippen MR) is 126 cm³/mol. The lowest BCUT2D eigenvalue weighted by molar-refractivity contribution is -0.154. The Kier molecular flexibility index (Phi) is 7.50. The summed E-state index contributed by atoms with van der Waals surface area (Å²) in [7, 11) is 0. The minimum Gasteiger partial charge on any atom is -0.466 e. The molecule has 2 amide bonds. The number of hydrogen-bond acceptors (Lipinski definition) is 6. The molecule has 3 fully saturated rings. The molecule has 0 aromatic heterocycles. The Morgan fingerprint density at radius 1 is 1.29 bits per heavy atom. The lowest BCUT2D eigenvalue weighted by Gasteiger charge is -2.33. The molecule has 1 spiro atoms. The number of para-hydroxylation sites is 1. The number of carbonyl (C=O) groups is 3. The van der Waals surface area contributed by atoms with Gasteiger partial charge in [-0.05, 0) is 51.2 Å². The van der Waals surface area contributed by atoms with Gasteiger partial charge in [0.2, 0.25) is 11.8 Å². The van der Waals surface area contributed by atoms with E-state index < -0.39 is 35.6 Å². The number of benzene rings is 1. The van der Waals surface area contributed by atoms with Crippen LogP contribution < -0.4 is 5.32 Å². The van der Waals surface area contributed by atoms with Crippen LogP contribution in [-0.2, 0) is 23.9 Å². The molecular weight excluding hydrogens is 460 g/mol. The van der Waals surface area contributed by atoms with Gasteiger partial charge in [-0.1, -0.05) is 36.6 Å². The molecule has 9 heteroatoms. The van der Waals surface area contributed by atoms with Gasteiger partial charge in [0.15, 0.2) is 0 Å². The number of aliphatic hydroxyl groups excluding tert-OH is 1. The summed E-state index contributed by atoms with van der Waals surface area (Å²) in [5.74, 6) is -2.44. The summed E-state index contributed by atoms with van der Waals surface area (Å²) in [6.45, 7) is 4.33. The summed E-state index contributed by atoms with van der Waals surface area (Å²) >= 11 is 6.36. The topological polar surface area (TPSA) is 105 Å². The second-order valence-electron chi connectivity index (χ2n) is 9.40. The van der Waals surface area contributed by atoms with E-state index in [0.717, 1.165) is 18.4 Å². The van der Waals surface area contributed by atoms with Crippen LogP contribution in [0.3, 0.4) is 0 Å². The Morgan fingerprint density at radius 2 is 2.06 bits per heavy atom. The number of amides is 2. The summed E-state index contributed by atoms with van der Waals surface area (Å²) in [5.41, 5.74) is 0.276. The predicted octanol–water partition coefficient (Wildman–Crippen LogP) is 3.08. The molecule has 8 nitrogen and oxygen atoms in total. The van der Waals surface area contributed by atoms with Gasteiger partial charge in [-0.15, -0.1) is 0 Å². The number of fused-ring (bicyclic) bond motifs is 1. The summed E-state index contributed by atoms with van der Waals surface area (Å²) in [6, 6.07) is 4.52. The van der Waals surface area contributed by atoms with E-state index in [0.29, 0.717) is 42.9 Å². The number of rotatable bonds is 10. The zero-order chi connectivity index (χ0) is 24.5. The molecule has 3 heterocycles. The smallest absolute Gasteiger partial charge is 0.312 e. The summed E-state index contributed by atoms with van der Waals surface area (Å²) in [6.07, 6.45) is 3.77. The number of halogens is 1. The van der Waals surface area contributed by atoms with Crippen molar-refractivity contribution in [2.24, 2.45) is 11.8 Å². The van der Waals surface area contributed by atoms with E-state index in [4.69, 9.17) is 26.2 Å². The molecule has 0 saturated carbocycles. The molecule has 2 N–H and O–H groups in total. The SMILES string of the molecule is CCOC(=O)[C@@H]1[C@H]2C(=O)N(CCCCCCO)C(C(=O)Nc3c(C)cccc3Cl)C23CC[C@H]1O3. The van der Waals surface area contributed by atoms with Crippen LogP contribution >= 0.6 is 11.6 Å². The van der Waals surface area contributed by atoms with E-state index in [1.807, 2.05) is 19.1 Å². The van der Waals surface area contributed by atoms with Crippen LogP contribution in [0.15, 0.2) is 18.2 Å². The zero-order valence-corrected chi connectivity index (χ0v) is 20.5. The fraction of sp³-hybridized carbons (Fsp3) is 0.640. The van der Waals surface area contributed by atoms with E-state index in [2.05, 4.69) is 5.32 Å². The normalized spacial score (nSPS) is 29.4. The number of esters is 1. The molecule has 3 saturated heterocycles. The molecular formula is C25H33ClN2O6. The van der Waals surface area contributed by atoms with E-state index >= 15 is 0 Å². The Labute approximate surface area is 204 Å². The first-order chi connectivity index (χ1) is 16.4. The fourth-order valence-electron chi connectivity index (χ4n) is 5.93. The van der Waals surface area contributed by atoms with Crippen LogP contribution in [-0.4, -0.2) is 65.3 Å². The molecule has 1 aromatic rings. The lowest BCUT2D eigenvalue weighted by Crippen LogP contribution is -2.53. The number of hydrogen-bond donors (Lipinski definition) is 2. The largest absolute Gasteiger partial charge is 0.466 e. The molecule has 4 rings (SSSR count). The van der Waals surface area contributed by atoms with Gasteiger partial charge in [0.05, 0.1) is 35.3 Å². The van der Waals surface area contributed by atoms with Gasteiger partial charge in [0.1, 0.15) is 11.6 Å². The maximum absolute atomic E-state index is 13.7. The zero-order valence-electron chi connectivity index (χ0n) is 19.7. The Morgan fingerprint density at radius 3 is 2.76 bits per heavy atom. The molecule has 34 heavy (non-hydrogen) atoms. The number of unbranched alkanes of at least 4 members (excludes halogenated alkanes) is 3. The lowest BCUT2D eigenvalue weighted by atomic mass is 9.70. The molecule has 186 valence electrons. The van der Waals surface area contributed by atoms with E-state index in [1.54, 1.807) is 17.9 Å². The third-order valence-corrected chi connectivity index (χ3v) is 7.70. The molecule has 5 atom stereocenters. The van der Waals surface area contributed by atoms with Crippen molar-refractivity contribution in [2.45, 2.75) is 70.1 Å². The van der Waals surface area contributed by atoms with Gasteiger partial charge in [-0.3, -0.25) is 14.4 Å². The maximum atomic E-state index is 13.7. The maximum Gasteiger partial charge on any atom is 0.312 e. The van der Waals surface area contributed by atoms with Crippen LogP contribution in [0.5, 0.6) is 0 Å². The number of carbonyl (C=O) groups excluding carboxylic acids is 3. The van der Waals surface area contributed by atoms with E-state index in [-0.39, 0.29) is 25.0 Å². The van der Waals surface area contributed by atoms with Gasteiger partial charge < -0.3 is 24.8 Å². The van der Waals surface area contributed by atoms with Crippen LogP contribution in [0.2, 0.25) is 5.02 Å². The molecule has 1 aromatic carbocycles. The standard InChI is InChI=1S/C25H33ClN2O6/c1-3-33-24(32)18-17-11-12-25(34-17)19(18)23(31)28(13-6-4-5-7-14-29)21(25)22(30)27-20-15(2)9-8-10-16(20)26/h8-10,17-19,21,29H,3-7,11-14H2,1-2H3,(H,27,30)/t17-,18+,19+,21?,25?/m1/s1. The number of aryl methyl sites for hydroxylation is 1. The van der Waals surface area contributed by atoms with Crippen molar-refractivity contribution < 1.29 is 29.0 Å². The van der Waals surface area contributed by atoms with Crippen LogP contribution in [0.1, 0.15) is 51.0 Å². The number of likely N-dealkylation sites (tertiary alicyclic amines) is 1. The first-order valence-electron chi connectivity index (χ1n) is 12.2. The Bertz CT molecular complexity index is 935. The third-order valence-electron chi connectivity index (χ3n) is 7.38. The highest BCUT2D eigenvalue weighted by molar-refractivity contribution is 6.34. The number of ether oxygens (including phenoxy) is 2. The van der Waals surface area contributed by atoms with Gasteiger partial charge in [0.25, 0.3) is 0 Å². The van der Waals surface area contributed by atoms with E-state index in [1.165, 1.54) is 0 Å². The highest BCUT2D eigenvalue weighted by Crippen LogP contribution is 2.58. The number of anilines is 1. The quantitative estimate of drug-likeness (QED) is 0.384. The first kappa shape index (κ1) is 24.9. The number of nitrogens with one attached hydrogen (secondary N) is 1. The second kappa shape index (κ2) is 10.2. The molecule has 2 unspecified atom stereocenters. The van der Waals surface area contributed by atoms with Crippen LogP contribution in [0, 0.1) is 18.8 Å². The highest BCUT2D eigenvalue weighted by Gasteiger charge is 2.74. The van der Waals surface area contributed by atoms with Crippen molar-refractivity contribution in [3.05, 3.63) is 28.8 Å². The van der Waals surface area contributed by atoms with Crippen molar-refractivity contribution in [2.75, 3.05) is 25.1 Å². The van der Waals surface area contributed by atoms with Crippen molar-refractivity contribution in [1.29, 1.82) is 0 Å². The van der Waals surface area contributed by atoms with Gasteiger partial charge in [-0.25, -0.2) is 0 Å². The van der Waals surface area contributed by atoms with Crippen molar-refractivity contribution in [3.8, 4) is 0 Å². The number of aliphatic hydroxyl groups is 1. The van der Waals surface area contributed by atoms with Crippen molar-refractivity contribution >= 4 is 35.1 Å². The molecule has 0 radical (unpaired) electrons. The average Bonchev–Trinajstić information content (AvgIpc) is 3.44. The van der Waals surface area contributed by atoms with Gasteiger partial charge >= 0.3 is 5.97 Å². The minimum absolute atomic E-state index is 0.131. The van der Waals surface area contributed by atoms with Crippen LogP contribution in [0.4, 0.5) is 5.69 Å². The third kappa shape index (κ3) is 4.20. The second-order valence-corrected chi connectivity index (χ2v) is 9.81. The highest BCUT2D eigenvalue weighted by atomic mass is 35.5. The first-order valence-corrected chi connectivity index (χ1v) is 12.5. The average molecular weight is 493 g/mol. The van der Waals surface area contributed by atoms with Crippen LogP contribution in [0.25, 0.3) is 0 Å². The Hall–Kier alpha value is -2.16. The molecule has 0 aliphatic carbocycles. The number of nitrogens with zero attached hydrogens (tertiary/aromatic N) is 1. The Balaban J connectivity index is 1.64. The van der Waals surface area contributed by atoms with Crippen molar-refractivity contribution in [3.63, 3.8) is 0 Å². The van der Waals surface area contributed by atoms with E-state index in [9.17, 15) is 14.4 Å². The van der Waals surface area contributed by atoms with Crippen molar-refractivity contribution in [1.82, 2.24) is 4.90 Å². The molecule has 2 bridgehead atoms. The fourth-order valence-corrected chi connectivity index (χ4v) is 6.20. The summed E-state index contributed by atoms with van der Waals surface area (Å²) in [4.78, 5) is 41.8.